The molecule has 0 aromatic heterocycles. The van der Waals surface area contributed by atoms with Crippen molar-refractivity contribution in [3.63, 3.8) is 0 Å². The van der Waals surface area contributed by atoms with Crippen molar-refractivity contribution in [2.45, 2.75) is 32.7 Å². The average molecular weight is 490 g/mol. The van der Waals surface area contributed by atoms with E-state index >= 15 is 0 Å². The van der Waals surface area contributed by atoms with Gasteiger partial charge in [0.1, 0.15) is 0 Å². The van der Waals surface area contributed by atoms with Crippen LogP contribution in [0.15, 0.2) is 29.3 Å². The molecule has 0 atom stereocenters. The molecule has 1 aliphatic rings. The lowest BCUT2D eigenvalue weighted by molar-refractivity contribution is 0.0724. The zero-order valence-electron chi connectivity index (χ0n) is 15.8. The number of halogens is 1. The molecule has 0 spiro atoms. The van der Waals surface area contributed by atoms with Crippen LogP contribution in [0.25, 0.3) is 0 Å². The summed E-state index contributed by atoms with van der Waals surface area (Å²) in [6.07, 6.45) is 5.57. The van der Waals surface area contributed by atoms with Crippen LogP contribution in [-0.4, -0.2) is 55.0 Å². The lowest BCUT2D eigenvalue weighted by atomic mass is 10.1. The van der Waals surface area contributed by atoms with Crippen molar-refractivity contribution in [2.75, 3.05) is 38.2 Å². The molecule has 1 aromatic rings. The third-order valence-electron chi connectivity index (χ3n) is 4.21. The van der Waals surface area contributed by atoms with Gasteiger partial charge >= 0.3 is 0 Å². The van der Waals surface area contributed by atoms with E-state index in [0.29, 0.717) is 6.54 Å². The van der Waals surface area contributed by atoms with E-state index < -0.39 is 0 Å². The van der Waals surface area contributed by atoms with Crippen LogP contribution in [0.3, 0.4) is 0 Å². The fourth-order valence-corrected chi connectivity index (χ4v) is 3.12. The Kier molecular flexibility index (Phi) is 11.8. The number of piperidine rings is 1. The highest BCUT2D eigenvalue weighted by molar-refractivity contribution is 14.0. The normalized spacial score (nSPS) is 14.5. The number of hydrogen-bond acceptors (Lipinski definition) is 3. The number of amides is 1. The monoisotopic (exact) mass is 490 g/mol. The van der Waals surface area contributed by atoms with Crippen LogP contribution in [0.2, 0.25) is 0 Å². The maximum absolute atomic E-state index is 12.5. The third kappa shape index (κ3) is 7.73. The minimum atomic E-state index is 0. The summed E-state index contributed by atoms with van der Waals surface area (Å²) < 4.78 is 0. The first-order valence-corrected chi connectivity index (χ1v) is 10.5. The lowest BCUT2D eigenvalue weighted by Crippen LogP contribution is -2.38. The van der Waals surface area contributed by atoms with E-state index in [1.54, 1.807) is 0 Å². The highest BCUT2D eigenvalue weighted by Crippen LogP contribution is 2.14. The molecule has 2 N–H and O–H groups in total. The zero-order chi connectivity index (χ0) is 17.9. The quantitative estimate of drug-likeness (QED) is 0.267. The summed E-state index contributed by atoms with van der Waals surface area (Å²) in [6, 6.07) is 7.87. The second-order valence-corrected chi connectivity index (χ2v) is 7.15. The van der Waals surface area contributed by atoms with Crippen LogP contribution >= 0.6 is 35.7 Å². The van der Waals surface area contributed by atoms with Gasteiger partial charge in [-0.1, -0.05) is 12.1 Å². The highest BCUT2D eigenvalue weighted by atomic mass is 127. The molecule has 0 bridgehead atoms. The number of guanidine groups is 1. The summed E-state index contributed by atoms with van der Waals surface area (Å²) in [7, 11) is 0. The molecule has 1 heterocycles. The second-order valence-electron chi connectivity index (χ2n) is 6.16. The van der Waals surface area contributed by atoms with Gasteiger partial charge in [-0.15, -0.1) is 24.0 Å². The fourth-order valence-electron chi connectivity index (χ4n) is 2.82. The Morgan fingerprint density at radius 1 is 1.15 bits per heavy atom. The molecule has 0 saturated carbocycles. The van der Waals surface area contributed by atoms with Crippen LogP contribution < -0.4 is 10.6 Å². The van der Waals surface area contributed by atoms with Gasteiger partial charge in [-0.05, 0) is 50.1 Å². The van der Waals surface area contributed by atoms with Gasteiger partial charge in [0, 0.05) is 37.5 Å². The van der Waals surface area contributed by atoms with Gasteiger partial charge < -0.3 is 15.5 Å². The maximum Gasteiger partial charge on any atom is 0.253 e. The second kappa shape index (κ2) is 13.2. The molecule has 0 aliphatic carbocycles. The Labute approximate surface area is 178 Å². The van der Waals surface area contributed by atoms with Crippen LogP contribution in [-0.2, 0) is 6.54 Å². The summed E-state index contributed by atoms with van der Waals surface area (Å²) in [5.41, 5.74) is 1.89. The van der Waals surface area contributed by atoms with Gasteiger partial charge in [0.15, 0.2) is 5.96 Å². The first-order valence-electron chi connectivity index (χ1n) is 9.14. The molecule has 1 amide bonds. The Hall–Kier alpha value is -0.960. The Morgan fingerprint density at radius 2 is 1.85 bits per heavy atom. The maximum atomic E-state index is 12.5. The number of rotatable bonds is 7. The van der Waals surface area contributed by atoms with Crippen molar-refractivity contribution in [3.8, 4) is 0 Å². The number of carbonyl (C=O) groups excluding carboxylic acids is 1. The topological polar surface area (TPSA) is 56.7 Å². The molecule has 146 valence electrons. The van der Waals surface area contributed by atoms with E-state index in [1.807, 2.05) is 40.9 Å². The number of aliphatic imine (C=N–C) groups is 1. The van der Waals surface area contributed by atoms with Crippen LogP contribution in [0.5, 0.6) is 0 Å². The molecule has 5 nitrogen and oxygen atoms in total. The summed E-state index contributed by atoms with van der Waals surface area (Å²) >= 11 is 1.81. The van der Waals surface area contributed by atoms with E-state index in [1.165, 1.54) is 6.42 Å². The van der Waals surface area contributed by atoms with Crippen molar-refractivity contribution in [1.29, 1.82) is 0 Å². The highest BCUT2D eigenvalue weighted by Gasteiger charge is 2.17. The summed E-state index contributed by atoms with van der Waals surface area (Å²) in [5, 5.41) is 6.57. The number of likely N-dealkylation sites (tertiary alicyclic amines) is 1. The third-order valence-corrected chi connectivity index (χ3v) is 4.82. The van der Waals surface area contributed by atoms with Crippen molar-refractivity contribution >= 4 is 47.6 Å². The standard InChI is InChI=1S/C19H30N4OS.HI/c1-3-20-19(21-11-14-25-2)22-15-16-7-9-17(10-8-16)18(24)23-12-5-4-6-13-23;/h7-10H,3-6,11-15H2,1-2H3,(H2,20,21,22);1H. The van der Waals surface area contributed by atoms with E-state index in [0.717, 1.165) is 61.9 Å². The number of hydrogen-bond donors (Lipinski definition) is 2. The summed E-state index contributed by atoms with van der Waals surface area (Å²) in [5.74, 6) is 2.05. The van der Waals surface area contributed by atoms with E-state index in [2.05, 4.69) is 28.8 Å². The largest absolute Gasteiger partial charge is 0.357 e. The van der Waals surface area contributed by atoms with Gasteiger partial charge in [-0.3, -0.25) is 4.79 Å². The SMILES string of the molecule is CCNC(=NCc1ccc(C(=O)N2CCCCC2)cc1)NCCSC.I. The van der Waals surface area contributed by atoms with Crippen molar-refractivity contribution in [2.24, 2.45) is 4.99 Å². The Morgan fingerprint density at radius 3 is 2.46 bits per heavy atom. The van der Waals surface area contributed by atoms with Gasteiger partial charge in [0.05, 0.1) is 6.54 Å². The van der Waals surface area contributed by atoms with Crippen LogP contribution in [0.4, 0.5) is 0 Å². The number of benzene rings is 1. The lowest BCUT2D eigenvalue weighted by Gasteiger charge is -2.26. The summed E-state index contributed by atoms with van der Waals surface area (Å²) in [6.45, 7) is 6.18. The van der Waals surface area contributed by atoms with E-state index in [9.17, 15) is 4.79 Å². The fraction of sp³-hybridized carbons (Fsp3) is 0.579. The molecular weight excluding hydrogens is 459 g/mol. The van der Waals surface area contributed by atoms with E-state index in [4.69, 9.17) is 0 Å². The predicted molar refractivity (Wildman–Crippen MR) is 123 cm³/mol. The molecule has 1 aromatic carbocycles. The number of nitrogens with one attached hydrogen (secondary N) is 2. The van der Waals surface area contributed by atoms with Crippen molar-refractivity contribution in [1.82, 2.24) is 15.5 Å². The predicted octanol–water partition coefficient (Wildman–Crippen LogP) is 3.35. The first-order chi connectivity index (χ1) is 12.2. The molecule has 2 rings (SSSR count). The molecule has 0 unspecified atom stereocenters. The van der Waals surface area contributed by atoms with Crippen LogP contribution in [0.1, 0.15) is 42.1 Å². The smallest absolute Gasteiger partial charge is 0.253 e. The number of nitrogens with zero attached hydrogens (tertiary/aromatic N) is 2. The minimum Gasteiger partial charge on any atom is -0.357 e. The molecule has 1 saturated heterocycles. The van der Waals surface area contributed by atoms with Crippen LogP contribution in [0, 0.1) is 0 Å². The zero-order valence-corrected chi connectivity index (χ0v) is 18.9. The molecule has 7 heteroatoms. The Bertz CT molecular complexity index is 559. The van der Waals surface area contributed by atoms with E-state index in [-0.39, 0.29) is 29.9 Å². The summed E-state index contributed by atoms with van der Waals surface area (Å²) in [4.78, 5) is 19.1. The van der Waals surface area contributed by atoms with Gasteiger partial charge in [0.25, 0.3) is 5.91 Å². The Balaban J connectivity index is 0.00000338. The number of thioether (sulfide) groups is 1. The van der Waals surface area contributed by atoms with Gasteiger partial charge in [-0.25, -0.2) is 4.99 Å². The number of carbonyl (C=O) groups is 1. The van der Waals surface area contributed by atoms with Crippen molar-refractivity contribution < 1.29 is 4.79 Å². The van der Waals surface area contributed by atoms with Crippen molar-refractivity contribution in [3.05, 3.63) is 35.4 Å². The minimum absolute atomic E-state index is 0. The average Bonchev–Trinajstić information content (AvgIpc) is 2.67. The van der Waals surface area contributed by atoms with Gasteiger partial charge in [0.2, 0.25) is 0 Å². The first kappa shape index (κ1) is 23.1. The molecule has 26 heavy (non-hydrogen) atoms. The molecular formula is C19H31IN4OS. The molecule has 1 fully saturated rings. The molecule has 0 radical (unpaired) electrons. The van der Waals surface area contributed by atoms with Gasteiger partial charge in [-0.2, -0.15) is 11.8 Å². The molecule has 1 aliphatic heterocycles.